The number of rotatable bonds is 4. The molecule has 1 heterocycles. The molecule has 0 radical (unpaired) electrons. The average molecular weight is 426 g/mol. The first-order valence-electron chi connectivity index (χ1n) is 7.96. The largest absolute Gasteiger partial charge is 0.355 e. The van der Waals surface area contributed by atoms with Crippen LogP contribution in [0.1, 0.15) is 39.5 Å². The summed E-state index contributed by atoms with van der Waals surface area (Å²) in [5.41, 5.74) is 0.371. The van der Waals surface area contributed by atoms with Gasteiger partial charge in [0.2, 0.25) is 0 Å². The number of guanidine groups is 1. The number of nitrogens with one attached hydrogen (secondary N) is 2. The predicted molar refractivity (Wildman–Crippen MR) is 105 cm³/mol. The molecule has 1 saturated carbocycles. The molecule has 0 amide bonds. The maximum Gasteiger partial charge on any atom is 0.191 e. The number of thioether (sulfide) groups is 1. The van der Waals surface area contributed by atoms with E-state index in [4.69, 9.17) is 0 Å². The normalized spacial score (nSPS) is 23.0. The summed E-state index contributed by atoms with van der Waals surface area (Å²) in [6.45, 7) is 7.84. The van der Waals surface area contributed by atoms with Crippen molar-refractivity contribution in [2.24, 2.45) is 4.99 Å². The SMILES string of the molecule is CN=C(NCC1(N2CCSCC2)CCCC1)NC(C)C.I. The van der Waals surface area contributed by atoms with E-state index in [0.717, 1.165) is 12.5 Å². The van der Waals surface area contributed by atoms with Crippen LogP contribution in [0.5, 0.6) is 0 Å². The van der Waals surface area contributed by atoms with Crippen LogP contribution in [-0.4, -0.2) is 60.6 Å². The third kappa shape index (κ3) is 5.46. The number of aliphatic imine (C=N–C) groups is 1. The van der Waals surface area contributed by atoms with Crippen molar-refractivity contribution in [1.82, 2.24) is 15.5 Å². The standard InChI is InChI=1S/C15H30N4S.HI/c1-13(2)18-14(16-3)17-12-15(6-4-5-7-15)19-8-10-20-11-9-19;/h13H,4-12H2,1-3H3,(H2,16,17,18);1H. The van der Waals surface area contributed by atoms with E-state index < -0.39 is 0 Å². The van der Waals surface area contributed by atoms with Crippen molar-refractivity contribution < 1.29 is 0 Å². The van der Waals surface area contributed by atoms with Gasteiger partial charge in [0.15, 0.2) is 5.96 Å². The summed E-state index contributed by atoms with van der Waals surface area (Å²) >= 11 is 2.10. The van der Waals surface area contributed by atoms with Crippen LogP contribution in [0.15, 0.2) is 4.99 Å². The lowest BCUT2D eigenvalue weighted by molar-refractivity contribution is 0.107. The zero-order chi connectivity index (χ0) is 14.4. The van der Waals surface area contributed by atoms with Crippen LogP contribution in [0, 0.1) is 0 Å². The van der Waals surface area contributed by atoms with E-state index in [9.17, 15) is 0 Å². The van der Waals surface area contributed by atoms with E-state index in [2.05, 4.69) is 46.1 Å². The van der Waals surface area contributed by atoms with E-state index in [0.29, 0.717) is 11.6 Å². The molecule has 2 rings (SSSR count). The highest BCUT2D eigenvalue weighted by atomic mass is 127. The zero-order valence-corrected chi connectivity index (χ0v) is 16.8. The molecule has 6 heteroatoms. The van der Waals surface area contributed by atoms with Gasteiger partial charge in [0.25, 0.3) is 0 Å². The van der Waals surface area contributed by atoms with E-state index >= 15 is 0 Å². The van der Waals surface area contributed by atoms with Crippen molar-refractivity contribution in [2.75, 3.05) is 38.2 Å². The summed E-state index contributed by atoms with van der Waals surface area (Å²) in [4.78, 5) is 7.08. The lowest BCUT2D eigenvalue weighted by Crippen LogP contribution is -2.58. The fourth-order valence-electron chi connectivity index (χ4n) is 3.39. The summed E-state index contributed by atoms with van der Waals surface area (Å²) in [7, 11) is 1.86. The highest BCUT2D eigenvalue weighted by molar-refractivity contribution is 14.0. The van der Waals surface area contributed by atoms with Crippen molar-refractivity contribution in [3.05, 3.63) is 0 Å². The molecule has 0 unspecified atom stereocenters. The quantitative estimate of drug-likeness (QED) is 0.412. The number of nitrogens with zero attached hydrogens (tertiary/aromatic N) is 2. The first-order valence-corrected chi connectivity index (χ1v) is 9.12. The molecule has 0 aromatic carbocycles. The molecule has 2 aliphatic rings. The number of hydrogen-bond donors (Lipinski definition) is 2. The van der Waals surface area contributed by atoms with Gasteiger partial charge in [0, 0.05) is 49.8 Å². The van der Waals surface area contributed by atoms with E-state index in [1.807, 2.05) is 7.05 Å². The van der Waals surface area contributed by atoms with Crippen molar-refractivity contribution in [3.8, 4) is 0 Å². The van der Waals surface area contributed by atoms with Crippen LogP contribution >= 0.6 is 35.7 Å². The Bertz CT molecular complexity index is 324. The second-order valence-electron chi connectivity index (χ2n) is 6.26. The lowest BCUT2D eigenvalue weighted by Gasteiger charge is -2.43. The molecule has 0 aromatic rings. The monoisotopic (exact) mass is 426 g/mol. The third-order valence-electron chi connectivity index (χ3n) is 4.45. The first kappa shape index (κ1) is 19.4. The van der Waals surface area contributed by atoms with Gasteiger partial charge >= 0.3 is 0 Å². The van der Waals surface area contributed by atoms with Gasteiger partial charge in [0.1, 0.15) is 0 Å². The van der Waals surface area contributed by atoms with Crippen molar-refractivity contribution in [3.63, 3.8) is 0 Å². The smallest absolute Gasteiger partial charge is 0.191 e. The van der Waals surface area contributed by atoms with Gasteiger partial charge in [0.05, 0.1) is 0 Å². The Morgan fingerprint density at radius 2 is 1.86 bits per heavy atom. The summed E-state index contributed by atoms with van der Waals surface area (Å²) in [6.07, 6.45) is 5.43. The minimum absolute atomic E-state index is 0. The van der Waals surface area contributed by atoms with Crippen molar-refractivity contribution >= 4 is 41.7 Å². The fraction of sp³-hybridized carbons (Fsp3) is 0.933. The molecule has 0 bridgehead atoms. The first-order chi connectivity index (χ1) is 9.66. The van der Waals surface area contributed by atoms with Gasteiger partial charge in [-0.15, -0.1) is 24.0 Å². The van der Waals surface area contributed by atoms with Gasteiger partial charge < -0.3 is 10.6 Å². The maximum absolute atomic E-state index is 4.34. The zero-order valence-electron chi connectivity index (χ0n) is 13.7. The summed E-state index contributed by atoms with van der Waals surface area (Å²) in [5, 5.41) is 6.96. The Morgan fingerprint density at radius 3 is 2.38 bits per heavy atom. The Balaban J connectivity index is 0.00000220. The molecule has 21 heavy (non-hydrogen) atoms. The summed E-state index contributed by atoms with van der Waals surface area (Å²) in [5.74, 6) is 3.53. The Morgan fingerprint density at radius 1 is 1.24 bits per heavy atom. The lowest BCUT2D eigenvalue weighted by atomic mass is 9.94. The second kappa shape index (κ2) is 9.45. The molecule has 1 aliphatic heterocycles. The van der Waals surface area contributed by atoms with Gasteiger partial charge in [-0.3, -0.25) is 9.89 Å². The van der Waals surface area contributed by atoms with Gasteiger partial charge in [-0.1, -0.05) is 12.8 Å². The van der Waals surface area contributed by atoms with E-state index in [1.54, 1.807) is 0 Å². The Kier molecular flexibility index (Phi) is 8.71. The molecule has 0 spiro atoms. The molecule has 0 atom stereocenters. The van der Waals surface area contributed by atoms with Crippen molar-refractivity contribution in [1.29, 1.82) is 0 Å². The molecule has 1 aliphatic carbocycles. The van der Waals surface area contributed by atoms with Gasteiger partial charge in [-0.25, -0.2) is 0 Å². The molecular weight excluding hydrogens is 395 g/mol. The van der Waals surface area contributed by atoms with Crippen LogP contribution in [0.25, 0.3) is 0 Å². The van der Waals surface area contributed by atoms with Gasteiger partial charge in [-0.05, 0) is 26.7 Å². The summed E-state index contributed by atoms with van der Waals surface area (Å²) in [6, 6.07) is 0.423. The van der Waals surface area contributed by atoms with Crippen LogP contribution in [0.3, 0.4) is 0 Å². The van der Waals surface area contributed by atoms with E-state index in [1.165, 1.54) is 50.3 Å². The second-order valence-corrected chi connectivity index (χ2v) is 7.48. The molecule has 4 nitrogen and oxygen atoms in total. The van der Waals surface area contributed by atoms with Crippen LogP contribution < -0.4 is 10.6 Å². The fourth-order valence-corrected chi connectivity index (χ4v) is 4.30. The predicted octanol–water partition coefficient (Wildman–Crippen LogP) is 2.54. The number of hydrogen-bond acceptors (Lipinski definition) is 3. The average Bonchev–Trinajstić information content (AvgIpc) is 2.94. The maximum atomic E-state index is 4.34. The molecule has 1 saturated heterocycles. The van der Waals surface area contributed by atoms with Crippen LogP contribution in [0.4, 0.5) is 0 Å². The molecule has 2 fully saturated rings. The van der Waals surface area contributed by atoms with E-state index in [-0.39, 0.29) is 24.0 Å². The van der Waals surface area contributed by atoms with Crippen molar-refractivity contribution in [2.45, 2.75) is 51.1 Å². The molecule has 124 valence electrons. The third-order valence-corrected chi connectivity index (χ3v) is 5.39. The number of halogens is 1. The minimum Gasteiger partial charge on any atom is -0.355 e. The van der Waals surface area contributed by atoms with Crippen LogP contribution in [0.2, 0.25) is 0 Å². The summed E-state index contributed by atoms with van der Waals surface area (Å²) < 4.78 is 0. The molecular formula is C15H31IN4S. The van der Waals surface area contributed by atoms with Crippen LogP contribution in [-0.2, 0) is 0 Å². The Labute approximate surface area is 151 Å². The minimum atomic E-state index is 0. The molecule has 0 aromatic heterocycles. The highest BCUT2D eigenvalue weighted by Crippen LogP contribution is 2.36. The Hall–Kier alpha value is 0.310. The highest BCUT2D eigenvalue weighted by Gasteiger charge is 2.39. The molecule has 2 N–H and O–H groups in total. The topological polar surface area (TPSA) is 39.7 Å². The van der Waals surface area contributed by atoms with Gasteiger partial charge in [-0.2, -0.15) is 11.8 Å².